The molecule has 0 radical (unpaired) electrons. The lowest BCUT2D eigenvalue weighted by molar-refractivity contribution is -0.149. The molecule has 1 unspecified atom stereocenters. The van der Waals surface area contributed by atoms with E-state index in [-0.39, 0.29) is 30.4 Å². The van der Waals surface area contributed by atoms with Gasteiger partial charge in [-0.05, 0) is 18.9 Å². The van der Waals surface area contributed by atoms with Gasteiger partial charge in [-0.2, -0.15) is 0 Å². The zero-order valence-electron chi connectivity index (χ0n) is 12.5. The number of para-hydroxylation sites is 1. The van der Waals surface area contributed by atoms with Crippen LogP contribution in [0.1, 0.15) is 39.7 Å². The van der Waals surface area contributed by atoms with Crippen molar-refractivity contribution in [1.82, 2.24) is 0 Å². The minimum atomic E-state index is -0.318. The highest BCUT2D eigenvalue weighted by molar-refractivity contribution is 5.76. The summed E-state index contributed by atoms with van der Waals surface area (Å²) in [6.45, 7) is 7.58. The third-order valence-electron chi connectivity index (χ3n) is 3.08. The van der Waals surface area contributed by atoms with Crippen LogP contribution < -0.4 is 4.74 Å². The highest BCUT2D eigenvalue weighted by Crippen LogP contribution is 2.20. The van der Waals surface area contributed by atoms with Gasteiger partial charge in [0.1, 0.15) is 11.9 Å². The largest absolute Gasteiger partial charge is 0.462 e. The molecular formula is C16H22O4. The van der Waals surface area contributed by atoms with E-state index in [9.17, 15) is 9.59 Å². The molecule has 0 N–H and O–H groups in total. The lowest BCUT2D eigenvalue weighted by atomic mass is 10.1. The summed E-state index contributed by atoms with van der Waals surface area (Å²) >= 11 is 0. The monoisotopic (exact) mass is 278 g/mol. The molecule has 4 nitrogen and oxygen atoms in total. The van der Waals surface area contributed by atoms with Crippen LogP contribution >= 0.6 is 0 Å². The third kappa shape index (κ3) is 5.03. The summed E-state index contributed by atoms with van der Waals surface area (Å²) in [6, 6.07) is 7.02. The SMILES string of the molecule is CCC(=O)Oc1ccccc1CC(=O)OC(C)C(C)C. The molecule has 0 aliphatic rings. The van der Waals surface area contributed by atoms with Gasteiger partial charge in [0.25, 0.3) is 0 Å². The molecule has 0 bridgehead atoms. The standard InChI is InChI=1S/C16H22O4/c1-5-15(17)20-14-9-7-6-8-13(14)10-16(18)19-12(4)11(2)3/h6-9,11-12H,5,10H2,1-4H3. The molecule has 1 aromatic carbocycles. The van der Waals surface area contributed by atoms with Gasteiger partial charge in [-0.15, -0.1) is 0 Å². The fraction of sp³-hybridized carbons (Fsp3) is 0.500. The summed E-state index contributed by atoms with van der Waals surface area (Å²) in [5.41, 5.74) is 0.662. The predicted molar refractivity (Wildman–Crippen MR) is 76.5 cm³/mol. The van der Waals surface area contributed by atoms with Gasteiger partial charge >= 0.3 is 11.9 Å². The van der Waals surface area contributed by atoms with Crippen molar-refractivity contribution in [2.75, 3.05) is 0 Å². The van der Waals surface area contributed by atoms with Gasteiger partial charge < -0.3 is 9.47 Å². The van der Waals surface area contributed by atoms with Gasteiger partial charge in [0.15, 0.2) is 0 Å². The van der Waals surface area contributed by atoms with Crippen molar-refractivity contribution < 1.29 is 19.1 Å². The van der Waals surface area contributed by atoms with E-state index in [1.54, 1.807) is 31.2 Å². The molecule has 0 saturated carbocycles. The van der Waals surface area contributed by atoms with Gasteiger partial charge in [-0.25, -0.2) is 0 Å². The van der Waals surface area contributed by atoms with E-state index < -0.39 is 0 Å². The van der Waals surface area contributed by atoms with E-state index in [1.165, 1.54) is 0 Å². The Morgan fingerprint density at radius 3 is 2.35 bits per heavy atom. The van der Waals surface area contributed by atoms with E-state index in [1.807, 2.05) is 20.8 Å². The summed E-state index contributed by atoms with van der Waals surface area (Å²) in [5.74, 6) is 0.0631. The lowest BCUT2D eigenvalue weighted by Gasteiger charge is -2.17. The van der Waals surface area contributed by atoms with Crippen LogP contribution in [-0.2, 0) is 20.7 Å². The minimum Gasteiger partial charge on any atom is -0.462 e. The molecule has 0 aliphatic heterocycles. The van der Waals surface area contributed by atoms with Crippen molar-refractivity contribution in [2.45, 2.75) is 46.6 Å². The Morgan fingerprint density at radius 2 is 1.75 bits per heavy atom. The van der Waals surface area contributed by atoms with Crippen LogP contribution in [0, 0.1) is 5.92 Å². The molecule has 0 amide bonds. The van der Waals surface area contributed by atoms with Crippen LogP contribution in [-0.4, -0.2) is 18.0 Å². The first kappa shape index (κ1) is 16.2. The van der Waals surface area contributed by atoms with E-state index in [0.717, 1.165) is 0 Å². The lowest BCUT2D eigenvalue weighted by Crippen LogP contribution is -2.21. The maximum Gasteiger partial charge on any atom is 0.310 e. The Bertz CT molecular complexity index is 465. The van der Waals surface area contributed by atoms with E-state index in [2.05, 4.69) is 0 Å². The average molecular weight is 278 g/mol. The molecule has 0 fully saturated rings. The molecule has 1 aromatic rings. The van der Waals surface area contributed by atoms with E-state index >= 15 is 0 Å². The van der Waals surface area contributed by atoms with Gasteiger partial charge in [0, 0.05) is 12.0 Å². The molecule has 110 valence electrons. The van der Waals surface area contributed by atoms with Gasteiger partial charge in [0.05, 0.1) is 6.42 Å². The number of esters is 2. The highest BCUT2D eigenvalue weighted by Gasteiger charge is 2.16. The van der Waals surface area contributed by atoms with E-state index in [4.69, 9.17) is 9.47 Å². The predicted octanol–water partition coefficient (Wildman–Crippen LogP) is 3.13. The second-order valence-electron chi connectivity index (χ2n) is 5.05. The van der Waals surface area contributed by atoms with Crippen molar-refractivity contribution in [1.29, 1.82) is 0 Å². The number of hydrogen-bond acceptors (Lipinski definition) is 4. The first-order chi connectivity index (χ1) is 9.43. The van der Waals surface area contributed by atoms with E-state index in [0.29, 0.717) is 17.7 Å². The summed E-state index contributed by atoms with van der Waals surface area (Å²) in [7, 11) is 0. The number of hydrogen-bond donors (Lipinski definition) is 0. The van der Waals surface area contributed by atoms with Crippen LogP contribution in [0.25, 0.3) is 0 Å². The van der Waals surface area contributed by atoms with Crippen LogP contribution in [0.5, 0.6) is 5.75 Å². The number of carbonyl (C=O) groups excluding carboxylic acids is 2. The molecule has 4 heteroatoms. The zero-order valence-corrected chi connectivity index (χ0v) is 12.5. The number of ether oxygens (including phenoxy) is 2. The maximum absolute atomic E-state index is 11.9. The van der Waals surface area contributed by atoms with Crippen molar-refractivity contribution >= 4 is 11.9 Å². The van der Waals surface area contributed by atoms with Crippen molar-refractivity contribution in [2.24, 2.45) is 5.92 Å². The fourth-order valence-corrected chi connectivity index (χ4v) is 1.48. The second-order valence-corrected chi connectivity index (χ2v) is 5.05. The highest BCUT2D eigenvalue weighted by atomic mass is 16.5. The fourth-order valence-electron chi connectivity index (χ4n) is 1.48. The quantitative estimate of drug-likeness (QED) is 0.592. The Balaban J connectivity index is 2.72. The summed E-state index contributed by atoms with van der Waals surface area (Å²) in [4.78, 5) is 23.2. The molecule has 1 atom stereocenters. The summed E-state index contributed by atoms with van der Waals surface area (Å²) < 4.78 is 10.5. The van der Waals surface area contributed by atoms with Crippen molar-refractivity contribution in [3.05, 3.63) is 29.8 Å². The van der Waals surface area contributed by atoms with Crippen LogP contribution in [0.2, 0.25) is 0 Å². The van der Waals surface area contributed by atoms with Gasteiger partial charge in [-0.3, -0.25) is 9.59 Å². The summed E-state index contributed by atoms with van der Waals surface area (Å²) in [5, 5.41) is 0. The van der Waals surface area contributed by atoms with Crippen molar-refractivity contribution in [3.8, 4) is 5.75 Å². The molecule has 0 aliphatic carbocycles. The zero-order chi connectivity index (χ0) is 15.1. The molecule has 20 heavy (non-hydrogen) atoms. The Morgan fingerprint density at radius 1 is 1.10 bits per heavy atom. The second kappa shape index (κ2) is 7.68. The minimum absolute atomic E-state index is 0.101. The topological polar surface area (TPSA) is 52.6 Å². The Hall–Kier alpha value is -1.84. The Labute approximate surface area is 120 Å². The molecule has 0 aromatic heterocycles. The molecular weight excluding hydrogens is 256 g/mol. The normalized spacial score (nSPS) is 12.1. The smallest absolute Gasteiger partial charge is 0.310 e. The first-order valence-corrected chi connectivity index (χ1v) is 6.92. The molecule has 0 saturated heterocycles. The van der Waals surface area contributed by atoms with Crippen LogP contribution in [0.3, 0.4) is 0 Å². The summed E-state index contributed by atoms with van der Waals surface area (Å²) in [6.07, 6.45) is 0.265. The van der Waals surface area contributed by atoms with Gasteiger partial charge in [0.2, 0.25) is 0 Å². The molecule has 0 spiro atoms. The number of carbonyl (C=O) groups is 2. The maximum atomic E-state index is 11.9. The first-order valence-electron chi connectivity index (χ1n) is 6.92. The number of benzene rings is 1. The van der Waals surface area contributed by atoms with Crippen LogP contribution in [0.15, 0.2) is 24.3 Å². The average Bonchev–Trinajstić information content (AvgIpc) is 2.40. The third-order valence-corrected chi connectivity index (χ3v) is 3.08. The molecule has 1 rings (SSSR count). The molecule has 0 heterocycles. The van der Waals surface area contributed by atoms with Gasteiger partial charge in [-0.1, -0.05) is 39.0 Å². The number of rotatable bonds is 6. The Kier molecular flexibility index (Phi) is 6.22. The van der Waals surface area contributed by atoms with Crippen molar-refractivity contribution in [3.63, 3.8) is 0 Å². The van der Waals surface area contributed by atoms with Crippen LogP contribution in [0.4, 0.5) is 0 Å².